The quantitative estimate of drug-likeness (QED) is 0.776. The molecule has 2 aliphatic heterocycles. The van der Waals surface area contributed by atoms with Crippen molar-refractivity contribution < 1.29 is 9.47 Å². The van der Waals surface area contributed by atoms with E-state index in [0.717, 1.165) is 57.3 Å². The summed E-state index contributed by atoms with van der Waals surface area (Å²) >= 11 is 0. The van der Waals surface area contributed by atoms with E-state index in [1.54, 1.807) is 7.11 Å². The van der Waals surface area contributed by atoms with E-state index in [4.69, 9.17) is 9.47 Å². The average Bonchev–Trinajstić information content (AvgIpc) is 2.79. The maximum absolute atomic E-state index is 5.55. The zero-order valence-electron chi connectivity index (χ0n) is 12.9. The highest BCUT2D eigenvalue weighted by atomic mass is 16.5. The fraction of sp³-hybridized carbons (Fsp3) is 0.733. The van der Waals surface area contributed by atoms with Crippen molar-refractivity contribution >= 4 is 0 Å². The van der Waals surface area contributed by atoms with Crippen molar-refractivity contribution in [2.24, 2.45) is 0 Å². The molecule has 0 unspecified atom stereocenters. The lowest BCUT2D eigenvalue weighted by molar-refractivity contribution is 0.136. The van der Waals surface area contributed by atoms with Crippen LogP contribution in [0.3, 0.4) is 0 Å². The summed E-state index contributed by atoms with van der Waals surface area (Å²) in [6.07, 6.45) is 4.31. The van der Waals surface area contributed by atoms with Gasteiger partial charge in [-0.15, -0.1) is 10.2 Å². The number of ether oxygens (including phenoxy) is 2. The third kappa shape index (κ3) is 3.33. The molecular formula is C15H24N4O2. The molecule has 0 fully saturated rings. The molecule has 0 aromatic carbocycles. The molecule has 6 heteroatoms. The minimum atomic E-state index is 0.466. The summed E-state index contributed by atoms with van der Waals surface area (Å²) in [6, 6.07) is 0.466. The zero-order valence-corrected chi connectivity index (χ0v) is 12.9. The van der Waals surface area contributed by atoms with Crippen molar-refractivity contribution in [1.29, 1.82) is 0 Å². The number of hydrogen-bond donors (Lipinski definition) is 0. The Morgan fingerprint density at radius 2 is 2.29 bits per heavy atom. The van der Waals surface area contributed by atoms with Gasteiger partial charge in [-0.25, -0.2) is 0 Å². The van der Waals surface area contributed by atoms with Crippen molar-refractivity contribution in [1.82, 2.24) is 19.7 Å². The molecule has 21 heavy (non-hydrogen) atoms. The Balaban J connectivity index is 1.69. The third-order valence-electron chi connectivity index (χ3n) is 4.28. The summed E-state index contributed by atoms with van der Waals surface area (Å²) in [7, 11) is 1.70. The summed E-state index contributed by atoms with van der Waals surface area (Å²) in [5, 5.41) is 8.58. The Kier molecular flexibility index (Phi) is 4.67. The Hall–Kier alpha value is -1.24. The van der Waals surface area contributed by atoms with Crippen molar-refractivity contribution in [2.45, 2.75) is 39.0 Å². The summed E-state index contributed by atoms with van der Waals surface area (Å²) in [5.74, 6) is 2.01. The first-order valence-electron chi connectivity index (χ1n) is 7.67. The first-order valence-corrected chi connectivity index (χ1v) is 7.67. The van der Waals surface area contributed by atoms with E-state index >= 15 is 0 Å². The van der Waals surface area contributed by atoms with Gasteiger partial charge < -0.3 is 14.0 Å². The van der Waals surface area contributed by atoms with E-state index in [2.05, 4.69) is 32.7 Å². The van der Waals surface area contributed by atoms with Gasteiger partial charge in [0, 0.05) is 39.2 Å². The zero-order chi connectivity index (χ0) is 14.7. The third-order valence-corrected chi connectivity index (χ3v) is 4.28. The van der Waals surface area contributed by atoms with Gasteiger partial charge >= 0.3 is 0 Å². The molecule has 0 spiro atoms. The van der Waals surface area contributed by atoms with Crippen LogP contribution < -0.4 is 0 Å². The molecule has 3 rings (SSSR count). The maximum atomic E-state index is 5.55. The fourth-order valence-electron chi connectivity index (χ4n) is 3.07. The molecule has 0 amide bonds. The van der Waals surface area contributed by atoms with E-state index in [1.165, 1.54) is 5.57 Å². The number of fused-ring (bicyclic) bond motifs is 1. The monoisotopic (exact) mass is 292 g/mol. The molecule has 6 nitrogen and oxygen atoms in total. The smallest absolute Gasteiger partial charge is 0.159 e. The fourth-order valence-corrected chi connectivity index (χ4v) is 3.07. The lowest BCUT2D eigenvalue weighted by atomic mass is 10.1. The number of rotatable bonds is 4. The van der Waals surface area contributed by atoms with Crippen LogP contribution in [0.5, 0.6) is 0 Å². The molecule has 1 aromatic heterocycles. The van der Waals surface area contributed by atoms with Gasteiger partial charge in [0.15, 0.2) is 5.82 Å². The lowest BCUT2D eigenvalue weighted by Gasteiger charge is -2.28. The molecule has 0 bridgehead atoms. The maximum Gasteiger partial charge on any atom is 0.159 e. The molecule has 1 atom stereocenters. The van der Waals surface area contributed by atoms with Crippen molar-refractivity contribution in [2.75, 3.05) is 33.4 Å². The van der Waals surface area contributed by atoms with Gasteiger partial charge in [-0.05, 0) is 18.9 Å². The van der Waals surface area contributed by atoms with Gasteiger partial charge in [0.25, 0.3) is 0 Å². The van der Waals surface area contributed by atoms with Crippen LogP contribution in [0.15, 0.2) is 11.6 Å². The highest BCUT2D eigenvalue weighted by molar-refractivity contribution is 5.09. The lowest BCUT2D eigenvalue weighted by Crippen LogP contribution is -2.37. The van der Waals surface area contributed by atoms with Crippen LogP contribution in [-0.4, -0.2) is 59.1 Å². The van der Waals surface area contributed by atoms with E-state index in [-0.39, 0.29) is 0 Å². The second-order valence-corrected chi connectivity index (χ2v) is 5.84. The van der Waals surface area contributed by atoms with Crippen LogP contribution in [0.25, 0.3) is 0 Å². The standard InChI is InChI=1S/C15H24N4O2/c1-12-8-14-16-17-15(11-20-2)19(14)6-5-18(12)9-13-4-3-7-21-10-13/h4,12H,3,5-11H2,1-2H3/t12-/m0/s1. The Morgan fingerprint density at radius 1 is 1.38 bits per heavy atom. The topological polar surface area (TPSA) is 52.4 Å². The molecule has 1 aromatic rings. The van der Waals surface area contributed by atoms with Gasteiger partial charge in [-0.2, -0.15) is 0 Å². The Bertz CT molecular complexity index is 512. The molecule has 0 N–H and O–H groups in total. The van der Waals surface area contributed by atoms with Crippen LogP contribution in [0.1, 0.15) is 25.0 Å². The normalized spacial score (nSPS) is 23.5. The highest BCUT2D eigenvalue weighted by Gasteiger charge is 2.24. The van der Waals surface area contributed by atoms with Gasteiger partial charge in [0.1, 0.15) is 12.4 Å². The van der Waals surface area contributed by atoms with Crippen LogP contribution >= 0.6 is 0 Å². The number of nitrogens with zero attached hydrogens (tertiary/aromatic N) is 4. The molecule has 116 valence electrons. The highest BCUT2D eigenvalue weighted by Crippen LogP contribution is 2.17. The molecule has 0 saturated carbocycles. The first kappa shape index (κ1) is 14.7. The molecule has 3 heterocycles. The largest absolute Gasteiger partial charge is 0.377 e. The Morgan fingerprint density at radius 3 is 3.05 bits per heavy atom. The number of aromatic nitrogens is 3. The summed E-state index contributed by atoms with van der Waals surface area (Å²) in [4.78, 5) is 2.52. The molecular weight excluding hydrogens is 268 g/mol. The van der Waals surface area contributed by atoms with Gasteiger partial charge in [0.2, 0.25) is 0 Å². The van der Waals surface area contributed by atoms with Gasteiger partial charge in [0.05, 0.1) is 13.2 Å². The Labute approximate surface area is 125 Å². The van der Waals surface area contributed by atoms with Crippen LogP contribution in [-0.2, 0) is 29.0 Å². The molecule has 0 radical (unpaired) electrons. The van der Waals surface area contributed by atoms with E-state index < -0.39 is 0 Å². The summed E-state index contributed by atoms with van der Waals surface area (Å²) in [6.45, 7) is 7.38. The first-order chi connectivity index (χ1) is 10.3. The van der Waals surface area contributed by atoms with Crippen molar-refractivity contribution in [3.05, 3.63) is 23.3 Å². The van der Waals surface area contributed by atoms with Gasteiger partial charge in [-0.1, -0.05) is 6.08 Å². The SMILES string of the molecule is COCc1nnc2n1CCN(CC1=CCCOC1)[C@@H](C)C2. The van der Waals surface area contributed by atoms with Crippen molar-refractivity contribution in [3.63, 3.8) is 0 Å². The van der Waals surface area contributed by atoms with Crippen LogP contribution in [0, 0.1) is 0 Å². The predicted molar refractivity (Wildman–Crippen MR) is 79.0 cm³/mol. The van der Waals surface area contributed by atoms with E-state index in [0.29, 0.717) is 12.6 Å². The molecule has 0 aliphatic carbocycles. The summed E-state index contributed by atoms with van der Waals surface area (Å²) < 4.78 is 13.0. The van der Waals surface area contributed by atoms with Crippen LogP contribution in [0.4, 0.5) is 0 Å². The van der Waals surface area contributed by atoms with Gasteiger partial charge in [-0.3, -0.25) is 4.90 Å². The number of hydrogen-bond acceptors (Lipinski definition) is 5. The second kappa shape index (κ2) is 6.68. The minimum Gasteiger partial charge on any atom is -0.377 e. The van der Waals surface area contributed by atoms with E-state index in [9.17, 15) is 0 Å². The number of methoxy groups -OCH3 is 1. The summed E-state index contributed by atoms with van der Waals surface area (Å²) in [5.41, 5.74) is 1.41. The van der Waals surface area contributed by atoms with Crippen LogP contribution in [0.2, 0.25) is 0 Å². The molecule has 2 aliphatic rings. The average molecular weight is 292 g/mol. The van der Waals surface area contributed by atoms with E-state index in [1.807, 2.05) is 0 Å². The predicted octanol–water partition coefficient (Wildman–Crippen LogP) is 1.02. The molecule has 0 saturated heterocycles. The minimum absolute atomic E-state index is 0.466. The second-order valence-electron chi connectivity index (χ2n) is 5.84. The van der Waals surface area contributed by atoms with Crippen molar-refractivity contribution in [3.8, 4) is 0 Å².